The van der Waals surface area contributed by atoms with Crippen molar-refractivity contribution in [2.24, 2.45) is 0 Å². The Hall–Kier alpha value is -2.36. The Bertz CT molecular complexity index is 925. The van der Waals surface area contributed by atoms with Gasteiger partial charge >= 0.3 is 0 Å². The molecular weight excluding hydrogens is 408 g/mol. The minimum atomic E-state index is -0.526. The molecule has 10 heteroatoms. The van der Waals surface area contributed by atoms with Crippen LogP contribution in [0.4, 0.5) is 11.4 Å². The highest BCUT2D eigenvalue weighted by atomic mass is 35.5. The average Bonchev–Trinajstić information content (AvgIpc) is 2.97. The van der Waals surface area contributed by atoms with Crippen LogP contribution in [-0.2, 0) is 4.79 Å². The number of hydrogen-bond acceptors (Lipinski definition) is 5. The molecule has 2 aromatic carbocycles. The third-order valence-electron chi connectivity index (χ3n) is 3.94. The maximum Gasteiger partial charge on any atom is 0.269 e. The van der Waals surface area contributed by atoms with E-state index >= 15 is 0 Å². The van der Waals surface area contributed by atoms with Gasteiger partial charge in [0.15, 0.2) is 5.11 Å². The second-order valence-corrected chi connectivity index (χ2v) is 7.65. The fraction of sp³-hybridized carbons (Fsp3) is 0.176. The van der Waals surface area contributed by atoms with E-state index in [0.717, 1.165) is 11.3 Å². The zero-order valence-electron chi connectivity index (χ0n) is 14.1. The average molecular weight is 423 g/mol. The minimum absolute atomic E-state index is 0.0880. The van der Waals surface area contributed by atoms with Gasteiger partial charge in [-0.05, 0) is 36.8 Å². The third kappa shape index (κ3) is 4.32. The fourth-order valence-corrected chi connectivity index (χ4v) is 4.21. The zero-order chi connectivity index (χ0) is 19.6. The molecule has 140 valence electrons. The number of anilines is 1. The predicted octanol–water partition coefficient (Wildman–Crippen LogP) is 4.03. The van der Waals surface area contributed by atoms with Gasteiger partial charge in [-0.15, -0.1) is 11.8 Å². The number of hydrazine groups is 1. The Kier molecular flexibility index (Phi) is 5.83. The lowest BCUT2D eigenvalue weighted by Crippen LogP contribution is -2.46. The highest BCUT2D eigenvalue weighted by Crippen LogP contribution is 2.41. The number of nitrogens with one attached hydrogen (secondary N) is 2. The van der Waals surface area contributed by atoms with Crippen LogP contribution >= 0.6 is 35.6 Å². The molecule has 0 aliphatic carbocycles. The number of carbonyl (C=O) groups excluding carboxylic acids is 1. The number of rotatable bonds is 4. The third-order valence-corrected chi connectivity index (χ3v) is 5.67. The number of nitrogens with zero attached hydrogens (tertiary/aromatic N) is 2. The number of nitro groups is 1. The van der Waals surface area contributed by atoms with E-state index in [1.54, 1.807) is 0 Å². The van der Waals surface area contributed by atoms with Gasteiger partial charge in [-0.1, -0.05) is 29.8 Å². The molecule has 7 nitrogen and oxygen atoms in total. The SMILES string of the molecule is Cc1ccccc1NC(=S)NN1C(=O)CS[C@H]1c1cc([N+](=O)[O-])ccc1Cl. The number of aryl methyl sites for hydroxylation is 1. The van der Waals surface area contributed by atoms with Gasteiger partial charge in [0.05, 0.1) is 10.7 Å². The van der Waals surface area contributed by atoms with Crippen LogP contribution in [0.25, 0.3) is 0 Å². The Morgan fingerprint density at radius 2 is 2.11 bits per heavy atom. The first-order chi connectivity index (χ1) is 12.9. The number of thioether (sulfide) groups is 1. The van der Waals surface area contributed by atoms with Crippen molar-refractivity contribution in [2.45, 2.75) is 12.3 Å². The molecular formula is C17H15ClN4O3S2. The van der Waals surface area contributed by atoms with Gasteiger partial charge < -0.3 is 5.32 Å². The molecule has 0 unspecified atom stereocenters. The molecule has 27 heavy (non-hydrogen) atoms. The molecule has 1 atom stereocenters. The smallest absolute Gasteiger partial charge is 0.269 e. The number of amides is 1. The van der Waals surface area contributed by atoms with Crippen LogP contribution in [0.15, 0.2) is 42.5 Å². The van der Waals surface area contributed by atoms with Gasteiger partial charge in [-0.25, -0.2) is 5.01 Å². The van der Waals surface area contributed by atoms with Crippen molar-refractivity contribution in [3.8, 4) is 0 Å². The molecule has 3 rings (SSSR count). The van der Waals surface area contributed by atoms with Crippen LogP contribution in [0.2, 0.25) is 5.02 Å². The zero-order valence-corrected chi connectivity index (χ0v) is 16.5. The van der Waals surface area contributed by atoms with E-state index in [1.165, 1.54) is 35.0 Å². The molecule has 1 aliphatic heterocycles. The van der Waals surface area contributed by atoms with Crippen LogP contribution in [0.3, 0.4) is 0 Å². The fourth-order valence-electron chi connectivity index (χ4n) is 2.58. The first kappa shape index (κ1) is 19.4. The quantitative estimate of drug-likeness (QED) is 0.437. The Morgan fingerprint density at radius 3 is 2.81 bits per heavy atom. The van der Waals surface area contributed by atoms with Crippen molar-refractivity contribution in [1.82, 2.24) is 10.4 Å². The van der Waals surface area contributed by atoms with E-state index in [4.69, 9.17) is 23.8 Å². The Morgan fingerprint density at radius 1 is 1.37 bits per heavy atom. The number of benzene rings is 2. The van der Waals surface area contributed by atoms with Gasteiger partial charge in [0.2, 0.25) is 0 Å². The molecule has 0 aromatic heterocycles. The summed E-state index contributed by atoms with van der Waals surface area (Å²) in [5.74, 6) is 0.0189. The van der Waals surface area contributed by atoms with E-state index in [9.17, 15) is 14.9 Å². The lowest BCUT2D eigenvalue weighted by Gasteiger charge is -2.26. The largest absolute Gasteiger partial charge is 0.331 e. The molecule has 1 amide bonds. The summed E-state index contributed by atoms with van der Waals surface area (Å²) in [6.45, 7) is 1.94. The molecule has 1 heterocycles. The number of para-hydroxylation sites is 1. The van der Waals surface area contributed by atoms with Crippen LogP contribution in [0.1, 0.15) is 16.5 Å². The molecule has 0 radical (unpaired) electrons. The van der Waals surface area contributed by atoms with E-state index in [-0.39, 0.29) is 22.5 Å². The molecule has 1 saturated heterocycles. The van der Waals surface area contributed by atoms with Crippen molar-refractivity contribution >= 4 is 58.0 Å². The number of halogens is 1. The summed E-state index contributed by atoms with van der Waals surface area (Å²) in [6, 6.07) is 11.8. The number of thiocarbonyl (C=S) groups is 1. The second kappa shape index (κ2) is 8.12. The van der Waals surface area contributed by atoms with Crippen LogP contribution in [0, 0.1) is 17.0 Å². The van der Waals surface area contributed by atoms with Gasteiger partial charge in [0.1, 0.15) is 5.37 Å². The van der Waals surface area contributed by atoms with Gasteiger partial charge in [0, 0.05) is 28.4 Å². The standard InChI is InChI=1S/C17H15ClN4O3S2/c1-10-4-2-3-5-14(10)19-17(26)20-21-15(23)9-27-16(21)12-8-11(22(24)25)6-7-13(12)18/h2-8,16H,9H2,1H3,(H2,19,20,26)/t16-/m0/s1. The van der Waals surface area contributed by atoms with Gasteiger partial charge in [-0.3, -0.25) is 20.3 Å². The Labute approximate surface area is 170 Å². The normalized spacial score (nSPS) is 16.3. The maximum absolute atomic E-state index is 12.3. The first-order valence-electron chi connectivity index (χ1n) is 7.87. The van der Waals surface area contributed by atoms with Crippen molar-refractivity contribution in [1.29, 1.82) is 0 Å². The molecule has 1 aliphatic rings. The highest BCUT2D eigenvalue weighted by Gasteiger charge is 2.35. The summed E-state index contributed by atoms with van der Waals surface area (Å²) < 4.78 is 0. The lowest BCUT2D eigenvalue weighted by atomic mass is 10.2. The number of nitro benzene ring substituents is 1. The molecule has 2 aromatic rings. The van der Waals surface area contributed by atoms with E-state index in [2.05, 4.69) is 10.7 Å². The Balaban J connectivity index is 1.81. The monoisotopic (exact) mass is 422 g/mol. The number of hydrogen-bond donors (Lipinski definition) is 2. The first-order valence-corrected chi connectivity index (χ1v) is 9.71. The molecule has 1 fully saturated rings. The van der Waals surface area contributed by atoms with E-state index in [0.29, 0.717) is 10.6 Å². The van der Waals surface area contributed by atoms with Crippen LogP contribution in [-0.4, -0.2) is 26.7 Å². The molecule has 0 bridgehead atoms. The summed E-state index contributed by atoms with van der Waals surface area (Å²) in [6.07, 6.45) is 0. The van der Waals surface area contributed by atoms with Gasteiger partial charge in [-0.2, -0.15) is 0 Å². The molecule has 0 saturated carbocycles. The summed E-state index contributed by atoms with van der Waals surface area (Å²) in [5.41, 5.74) is 5.10. The summed E-state index contributed by atoms with van der Waals surface area (Å²) in [5, 5.41) is 15.5. The number of carbonyl (C=O) groups is 1. The van der Waals surface area contributed by atoms with E-state index < -0.39 is 10.3 Å². The predicted molar refractivity (Wildman–Crippen MR) is 111 cm³/mol. The maximum atomic E-state index is 12.3. The minimum Gasteiger partial charge on any atom is -0.331 e. The van der Waals surface area contributed by atoms with Crippen molar-refractivity contribution in [3.63, 3.8) is 0 Å². The highest BCUT2D eigenvalue weighted by molar-refractivity contribution is 8.00. The lowest BCUT2D eigenvalue weighted by molar-refractivity contribution is -0.384. The summed E-state index contributed by atoms with van der Waals surface area (Å²) >= 11 is 12.9. The van der Waals surface area contributed by atoms with Crippen molar-refractivity contribution in [2.75, 3.05) is 11.1 Å². The summed E-state index contributed by atoms with van der Waals surface area (Å²) in [7, 11) is 0. The molecule has 2 N–H and O–H groups in total. The molecule has 0 spiro atoms. The second-order valence-electron chi connectivity index (χ2n) is 5.77. The van der Waals surface area contributed by atoms with Crippen molar-refractivity contribution in [3.05, 3.63) is 68.7 Å². The topological polar surface area (TPSA) is 87.5 Å². The summed E-state index contributed by atoms with van der Waals surface area (Å²) in [4.78, 5) is 22.9. The van der Waals surface area contributed by atoms with Crippen molar-refractivity contribution < 1.29 is 9.72 Å². The number of non-ortho nitro benzene ring substituents is 1. The van der Waals surface area contributed by atoms with Gasteiger partial charge in [0.25, 0.3) is 11.6 Å². The van der Waals surface area contributed by atoms with E-state index in [1.807, 2.05) is 31.2 Å². The van der Waals surface area contributed by atoms with Crippen LogP contribution in [0.5, 0.6) is 0 Å². The van der Waals surface area contributed by atoms with Crippen LogP contribution < -0.4 is 10.7 Å².